The quantitative estimate of drug-likeness (QED) is 0.253. The summed E-state index contributed by atoms with van der Waals surface area (Å²) in [6.45, 7) is 1.90. The molecule has 0 aliphatic carbocycles. The molecule has 0 spiro atoms. The van der Waals surface area contributed by atoms with Crippen molar-refractivity contribution in [1.29, 1.82) is 0 Å². The maximum Gasteiger partial charge on any atom is 0.338 e. The lowest BCUT2D eigenvalue weighted by Crippen LogP contribution is -2.43. The van der Waals surface area contributed by atoms with Gasteiger partial charge in [-0.2, -0.15) is 0 Å². The maximum absolute atomic E-state index is 12.5. The topological polar surface area (TPSA) is 131 Å². The van der Waals surface area contributed by atoms with E-state index in [0.29, 0.717) is 23.4 Å². The summed E-state index contributed by atoms with van der Waals surface area (Å²) in [5.41, 5.74) is 5.66. The van der Waals surface area contributed by atoms with Crippen LogP contribution in [0.2, 0.25) is 0 Å². The Kier molecular flexibility index (Phi) is 10.2. The molecule has 1 aliphatic rings. The number of halogens is 1. The number of carbonyl (C=O) groups excluding carboxylic acids is 5. The summed E-state index contributed by atoms with van der Waals surface area (Å²) in [6, 6.07) is 12.9. The van der Waals surface area contributed by atoms with E-state index in [4.69, 9.17) is 9.47 Å². The van der Waals surface area contributed by atoms with Crippen molar-refractivity contribution in [3.8, 4) is 0 Å². The second-order valence-corrected chi connectivity index (χ2v) is 9.33. The normalized spacial score (nSPS) is 14.7. The molecule has 0 unspecified atom stereocenters. The Balaban J connectivity index is 1.43. The minimum absolute atomic E-state index is 0.0675. The molecule has 1 aliphatic heterocycles. The minimum atomic E-state index is -0.749. The Bertz CT molecular complexity index is 1140. The lowest BCUT2D eigenvalue weighted by Gasteiger charge is -2.17. The lowest BCUT2D eigenvalue weighted by molar-refractivity contribution is -0.152. The van der Waals surface area contributed by atoms with Crippen LogP contribution in [0, 0.1) is 5.92 Å². The Morgan fingerprint density at radius 1 is 0.946 bits per heavy atom. The van der Waals surface area contributed by atoms with E-state index in [0.717, 1.165) is 23.7 Å². The van der Waals surface area contributed by atoms with E-state index in [2.05, 4.69) is 33.7 Å². The molecule has 0 radical (unpaired) electrons. The van der Waals surface area contributed by atoms with E-state index in [1.807, 2.05) is 0 Å². The molecule has 1 saturated heterocycles. The van der Waals surface area contributed by atoms with Crippen LogP contribution in [0.25, 0.3) is 0 Å². The lowest BCUT2D eigenvalue weighted by atomic mass is 10.1. The van der Waals surface area contributed by atoms with Gasteiger partial charge in [-0.15, -0.1) is 0 Å². The predicted molar refractivity (Wildman–Crippen MR) is 137 cm³/mol. The molecule has 0 bridgehead atoms. The molecule has 0 saturated carbocycles. The second-order valence-electron chi connectivity index (χ2n) is 8.41. The molecule has 3 rings (SSSR count). The molecule has 2 N–H and O–H groups in total. The summed E-state index contributed by atoms with van der Waals surface area (Å²) in [5.74, 6) is -3.40. The largest absolute Gasteiger partial charge is 0.462 e. The minimum Gasteiger partial charge on any atom is -0.462 e. The Labute approximate surface area is 222 Å². The zero-order chi connectivity index (χ0) is 26.8. The molecular weight excluding hydrogens is 546 g/mol. The molecule has 1 atom stereocenters. The number of nitrogens with one attached hydrogen (secondary N) is 2. The fourth-order valence-corrected chi connectivity index (χ4v) is 3.85. The van der Waals surface area contributed by atoms with Crippen molar-refractivity contribution in [2.24, 2.45) is 5.92 Å². The predicted octanol–water partition coefficient (Wildman–Crippen LogP) is 3.15. The van der Waals surface area contributed by atoms with Gasteiger partial charge in [0.1, 0.15) is 0 Å². The summed E-state index contributed by atoms with van der Waals surface area (Å²) < 4.78 is 11.1. The SMILES string of the molecule is CCCCCOC(=O)c1ccc(N2C[C@H](C(=O)OCC(=O)NNC(=O)c3ccc(Br)cc3)CC2=O)cc1. The molecule has 2 aromatic carbocycles. The highest BCUT2D eigenvalue weighted by molar-refractivity contribution is 9.10. The summed E-state index contributed by atoms with van der Waals surface area (Å²) >= 11 is 3.27. The highest BCUT2D eigenvalue weighted by atomic mass is 79.9. The number of hydrogen-bond acceptors (Lipinski definition) is 7. The van der Waals surface area contributed by atoms with Crippen molar-refractivity contribution in [2.45, 2.75) is 32.6 Å². The third-order valence-corrected chi connectivity index (χ3v) is 6.15. The summed E-state index contributed by atoms with van der Waals surface area (Å²) in [6.07, 6.45) is 2.76. The van der Waals surface area contributed by atoms with Crippen LogP contribution < -0.4 is 15.8 Å². The first-order valence-electron chi connectivity index (χ1n) is 11.9. The van der Waals surface area contributed by atoms with E-state index >= 15 is 0 Å². The molecule has 3 amide bonds. The summed E-state index contributed by atoms with van der Waals surface area (Å²) in [7, 11) is 0. The molecule has 1 heterocycles. The summed E-state index contributed by atoms with van der Waals surface area (Å²) in [4.78, 5) is 62.4. The van der Waals surface area contributed by atoms with Crippen LogP contribution in [0.5, 0.6) is 0 Å². The van der Waals surface area contributed by atoms with E-state index in [9.17, 15) is 24.0 Å². The highest BCUT2D eigenvalue weighted by Gasteiger charge is 2.36. The average molecular weight is 574 g/mol. The van der Waals surface area contributed by atoms with E-state index < -0.39 is 36.3 Å². The average Bonchev–Trinajstić information content (AvgIpc) is 3.30. The van der Waals surface area contributed by atoms with Gasteiger partial charge in [-0.25, -0.2) is 4.79 Å². The number of hydrazine groups is 1. The zero-order valence-corrected chi connectivity index (χ0v) is 21.9. The number of nitrogens with zero attached hydrogens (tertiary/aromatic N) is 1. The van der Waals surface area contributed by atoms with E-state index in [-0.39, 0.29) is 18.9 Å². The first-order valence-corrected chi connectivity index (χ1v) is 12.7. The molecule has 0 aromatic heterocycles. The monoisotopic (exact) mass is 573 g/mol. The molecule has 2 aromatic rings. The van der Waals surface area contributed by atoms with Gasteiger partial charge in [0.25, 0.3) is 11.8 Å². The van der Waals surface area contributed by atoms with Crippen LogP contribution >= 0.6 is 15.9 Å². The van der Waals surface area contributed by atoms with Crippen LogP contribution in [-0.2, 0) is 23.9 Å². The fraction of sp³-hybridized carbons (Fsp3) is 0.346. The van der Waals surface area contributed by atoms with Gasteiger partial charge in [0, 0.05) is 28.7 Å². The third kappa shape index (κ3) is 8.14. The third-order valence-electron chi connectivity index (χ3n) is 5.62. The van der Waals surface area contributed by atoms with Crippen LogP contribution in [0.1, 0.15) is 53.3 Å². The molecule has 1 fully saturated rings. The number of unbranched alkanes of at least 4 members (excludes halogenated alkanes) is 2. The zero-order valence-electron chi connectivity index (χ0n) is 20.3. The number of benzene rings is 2. The van der Waals surface area contributed by atoms with Crippen molar-refractivity contribution in [3.05, 3.63) is 64.1 Å². The molecule has 11 heteroatoms. The first kappa shape index (κ1) is 27.9. The molecule has 37 heavy (non-hydrogen) atoms. The molecular formula is C26H28BrN3O7. The number of ether oxygens (including phenoxy) is 2. The van der Waals surface area contributed by atoms with E-state index in [1.165, 1.54) is 4.90 Å². The van der Waals surface area contributed by atoms with Crippen molar-refractivity contribution in [1.82, 2.24) is 10.9 Å². The van der Waals surface area contributed by atoms with Gasteiger partial charge >= 0.3 is 11.9 Å². The first-order chi connectivity index (χ1) is 17.8. The number of carbonyl (C=O) groups is 5. The van der Waals surface area contributed by atoms with Crippen LogP contribution in [0.4, 0.5) is 5.69 Å². The van der Waals surface area contributed by atoms with Crippen molar-refractivity contribution in [3.63, 3.8) is 0 Å². The Morgan fingerprint density at radius 2 is 1.62 bits per heavy atom. The Morgan fingerprint density at radius 3 is 2.30 bits per heavy atom. The second kappa shape index (κ2) is 13.5. The van der Waals surface area contributed by atoms with Crippen LogP contribution in [0.15, 0.2) is 53.0 Å². The van der Waals surface area contributed by atoms with Crippen molar-refractivity contribution in [2.75, 3.05) is 24.7 Å². The number of hydrogen-bond donors (Lipinski definition) is 2. The number of rotatable bonds is 10. The van der Waals surface area contributed by atoms with Crippen LogP contribution in [-0.4, -0.2) is 49.4 Å². The van der Waals surface area contributed by atoms with Crippen LogP contribution in [0.3, 0.4) is 0 Å². The van der Waals surface area contributed by atoms with Gasteiger partial charge in [0.15, 0.2) is 6.61 Å². The highest BCUT2D eigenvalue weighted by Crippen LogP contribution is 2.26. The fourth-order valence-electron chi connectivity index (χ4n) is 3.58. The maximum atomic E-state index is 12.5. The van der Waals surface area contributed by atoms with Gasteiger partial charge < -0.3 is 14.4 Å². The van der Waals surface area contributed by atoms with Gasteiger partial charge in [-0.05, 0) is 55.0 Å². The smallest absolute Gasteiger partial charge is 0.338 e. The standard InChI is InChI=1S/C26H28BrN3O7/c1-2-3-4-13-36-25(34)18-7-11-21(12-8-18)30-15-19(14-23(30)32)26(35)37-16-22(31)28-29-24(33)17-5-9-20(27)10-6-17/h5-12,19H,2-4,13-16H2,1H3,(H,28,31)(H,29,33)/t19-/m1/s1. The van der Waals surface area contributed by atoms with E-state index in [1.54, 1.807) is 48.5 Å². The van der Waals surface area contributed by atoms with Crippen molar-refractivity contribution >= 4 is 51.3 Å². The molecule has 10 nitrogen and oxygen atoms in total. The van der Waals surface area contributed by atoms with Crippen molar-refractivity contribution < 1.29 is 33.4 Å². The van der Waals surface area contributed by atoms with Gasteiger partial charge in [-0.3, -0.25) is 30.0 Å². The number of anilines is 1. The number of esters is 2. The van der Waals surface area contributed by atoms with Gasteiger partial charge in [-0.1, -0.05) is 35.7 Å². The van der Waals surface area contributed by atoms with Gasteiger partial charge in [0.2, 0.25) is 5.91 Å². The van der Waals surface area contributed by atoms with Gasteiger partial charge in [0.05, 0.1) is 18.1 Å². The summed E-state index contributed by atoms with van der Waals surface area (Å²) in [5, 5.41) is 0. The number of amides is 3. The Hall–Kier alpha value is -3.73. The molecule has 196 valence electrons.